The summed E-state index contributed by atoms with van der Waals surface area (Å²) in [6.07, 6.45) is 0. The van der Waals surface area contributed by atoms with Gasteiger partial charge in [0.15, 0.2) is 0 Å². The lowest BCUT2D eigenvalue weighted by Gasteiger charge is -2.17. The molecule has 0 heterocycles. The molecule has 1 atom stereocenters. The van der Waals surface area contributed by atoms with E-state index >= 15 is 0 Å². The fraction of sp³-hybridized carbons (Fsp3) is 0.294. The van der Waals surface area contributed by atoms with Crippen LogP contribution in [0.15, 0.2) is 46.9 Å². The van der Waals surface area contributed by atoms with Gasteiger partial charge in [0.2, 0.25) is 0 Å². The lowest BCUT2D eigenvalue weighted by Crippen LogP contribution is -2.19. The lowest BCUT2D eigenvalue weighted by atomic mass is 10.0. The maximum Gasteiger partial charge on any atom is 0.0306 e. The van der Waals surface area contributed by atoms with Crippen LogP contribution in [-0.2, 0) is 6.54 Å². The van der Waals surface area contributed by atoms with Crippen LogP contribution >= 0.6 is 15.9 Å². The van der Waals surface area contributed by atoms with Gasteiger partial charge in [-0.25, -0.2) is 0 Å². The quantitative estimate of drug-likeness (QED) is 0.844. The smallest absolute Gasteiger partial charge is 0.0306 e. The number of nitrogens with one attached hydrogen (secondary N) is 1. The van der Waals surface area contributed by atoms with E-state index in [-0.39, 0.29) is 0 Å². The fourth-order valence-electron chi connectivity index (χ4n) is 2.24. The Labute approximate surface area is 124 Å². The Balaban J connectivity index is 2.04. The van der Waals surface area contributed by atoms with Crippen molar-refractivity contribution in [2.75, 3.05) is 0 Å². The van der Waals surface area contributed by atoms with Crippen molar-refractivity contribution in [3.8, 4) is 0 Å². The first-order chi connectivity index (χ1) is 9.08. The molecule has 2 aromatic rings. The third kappa shape index (κ3) is 3.68. The van der Waals surface area contributed by atoms with Crippen LogP contribution in [0.5, 0.6) is 0 Å². The molecule has 0 amide bonds. The van der Waals surface area contributed by atoms with Crippen molar-refractivity contribution in [1.82, 2.24) is 5.32 Å². The first kappa shape index (κ1) is 14.3. The van der Waals surface area contributed by atoms with E-state index in [0.29, 0.717) is 6.04 Å². The third-order valence-corrected chi connectivity index (χ3v) is 4.19. The molecule has 19 heavy (non-hydrogen) atoms. The largest absolute Gasteiger partial charge is 0.306 e. The van der Waals surface area contributed by atoms with Crippen LogP contribution in [0.3, 0.4) is 0 Å². The normalized spacial score (nSPS) is 12.4. The first-order valence-corrected chi connectivity index (χ1v) is 7.41. The Hall–Kier alpha value is -1.12. The van der Waals surface area contributed by atoms with E-state index in [2.05, 4.69) is 78.4 Å². The molecule has 0 spiro atoms. The zero-order chi connectivity index (χ0) is 13.8. The molecule has 0 radical (unpaired) electrons. The Morgan fingerprint density at radius 1 is 1.11 bits per heavy atom. The van der Waals surface area contributed by atoms with Crippen molar-refractivity contribution < 1.29 is 0 Å². The van der Waals surface area contributed by atoms with Crippen LogP contribution in [0.25, 0.3) is 0 Å². The van der Waals surface area contributed by atoms with Gasteiger partial charge in [-0.05, 0) is 43.5 Å². The second-order valence-corrected chi connectivity index (χ2v) is 5.91. The SMILES string of the molecule is Cc1ccc(CN[C@@H](C)c2ccccc2Br)c(C)c1. The molecular formula is C17H20BrN. The minimum atomic E-state index is 0.330. The van der Waals surface area contributed by atoms with Crippen LogP contribution in [0.4, 0.5) is 0 Å². The molecule has 0 saturated heterocycles. The van der Waals surface area contributed by atoms with E-state index in [4.69, 9.17) is 0 Å². The van der Waals surface area contributed by atoms with Gasteiger partial charge >= 0.3 is 0 Å². The number of benzene rings is 2. The molecule has 2 rings (SSSR count). The molecule has 0 aromatic heterocycles. The van der Waals surface area contributed by atoms with Crippen molar-refractivity contribution >= 4 is 15.9 Å². The number of rotatable bonds is 4. The number of halogens is 1. The Morgan fingerprint density at radius 2 is 1.84 bits per heavy atom. The van der Waals surface area contributed by atoms with Gasteiger partial charge in [-0.3, -0.25) is 0 Å². The van der Waals surface area contributed by atoms with E-state index in [1.54, 1.807) is 0 Å². The van der Waals surface area contributed by atoms with Crippen molar-refractivity contribution in [2.45, 2.75) is 33.4 Å². The van der Waals surface area contributed by atoms with Crippen molar-refractivity contribution in [1.29, 1.82) is 0 Å². The molecular weight excluding hydrogens is 298 g/mol. The summed E-state index contributed by atoms with van der Waals surface area (Å²) in [4.78, 5) is 0. The summed E-state index contributed by atoms with van der Waals surface area (Å²) in [6, 6.07) is 15.3. The molecule has 0 aliphatic rings. The van der Waals surface area contributed by atoms with Crippen molar-refractivity contribution in [3.05, 3.63) is 69.2 Å². The highest BCUT2D eigenvalue weighted by molar-refractivity contribution is 9.10. The standard InChI is InChI=1S/C17H20BrN/c1-12-8-9-15(13(2)10-12)11-19-14(3)16-6-4-5-7-17(16)18/h4-10,14,19H,11H2,1-3H3/t14-/m0/s1. The monoisotopic (exact) mass is 317 g/mol. The second-order valence-electron chi connectivity index (χ2n) is 5.05. The molecule has 2 heteroatoms. The number of aryl methyl sites for hydroxylation is 2. The minimum absolute atomic E-state index is 0.330. The van der Waals surface area contributed by atoms with Crippen LogP contribution in [0.2, 0.25) is 0 Å². The maximum atomic E-state index is 3.61. The fourth-order valence-corrected chi connectivity index (χ4v) is 2.87. The van der Waals surface area contributed by atoms with E-state index in [1.807, 2.05) is 6.07 Å². The number of hydrogen-bond acceptors (Lipinski definition) is 1. The van der Waals surface area contributed by atoms with Gasteiger partial charge in [0.05, 0.1) is 0 Å². The van der Waals surface area contributed by atoms with Gasteiger partial charge in [0.25, 0.3) is 0 Å². The Kier molecular flexibility index (Phi) is 4.78. The molecule has 2 aromatic carbocycles. The van der Waals surface area contributed by atoms with Gasteiger partial charge in [0, 0.05) is 17.1 Å². The summed E-state index contributed by atoms with van der Waals surface area (Å²) >= 11 is 3.61. The van der Waals surface area contributed by atoms with Crippen LogP contribution in [0, 0.1) is 13.8 Å². The van der Waals surface area contributed by atoms with Gasteiger partial charge in [0.1, 0.15) is 0 Å². The second kappa shape index (κ2) is 6.36. The van der Waals surface area contributed by atoms with Crippen molar-refractivity contribution in [3.63, 3.8) is 0 Å². The number of hydrogen-bond donors (Lipinski definition) is 1. The molecule has 1 N–H and O–H groups in total. The van der Waals surface area contributed by atoms with Gasteiger partial charge in [-0.2, -0.15) is 0 Å². The molecule has 0 unspecified atom stereocenters. The summed E-state index contributed by atoms with van der Waals surface area (Å²) in [7, 11) is 0. The van der Waals surface area contributed by atoms with E-state index < -0.39 is 0 Å². The highest BCUT2D eigenvalue weighted by atomic mass is 79.9. The molecule has 1 nitrogen and oxygen atoms in total. The Bertz CT molecular complexity index is 563. The summed E-state index contributed by atoms with van der Waals surface area (Å²) < 4.78 is 1.16. The predicted molar refractivity (Wildman–Crippen MR) is 85.3 cm³/mol. The summed E-state index contributed by atoms with van der Waals surface area (Å²) in [5.74, 6) is 0. The average molecular weight is 318 g/mol. The summed E-state index contributed by atoms with van der Waals surface area (Å²) in [5.41, 5.74) is 5.34. The molecule has 0 aliphatic heterocycles. The minimum Gasteiger partial charge on any atom is -0.306 e. The zero-order valence-corrected chi connectivity index (χ0v) is 13.3. The van der Waals surface area contributed by atoms with Crippen LogP contribution < -0.4 is 5.32 Å². The van der Waals surface area contributed by atoms with E-state index in [1.165, 1.54) is 22.3 Å². The molecule has 0 fully saturated rings. The Morgan fingerprint density at radius 3 is 2.53 bits per heavy atom. The van der Waals surface area contributed by atoms with Crippen LogP contribution in [0.1, 0.15) is 35.2 Å². The average Bonchev–Trinajstić information content (AvgIpc) is 2.38. The molecule has 0 saturated carbocycles. The maximum absolute atomic E-state index is 3.61. The van der Waals surface area contributed by atoms with Crippen molar-refractivity contribution in [2.24, 2.45) is 0 Å². The predicted octanol–water partition coefficient (Wildman–Crippen LogP) is 4.92. The molecule has 100 valence electrons. The molecule has 0 bridgehead atoms. The topological polar surface area (TPSA) is 12.0 Å². The lowest BCUT2D eigenvalue weighted by molar-refractivity contribution is 0.571. The summed E-state index contributed by atoms with van der Waals surface area (Å²) in [5, 5.41) is 3.59. The van der Waals surface area contributed by atoms with E-state index in [9.17, 15) is 0 Å². The third-order valence-electron chi connectivity index (χ3n) is 3.47. The highest BCUT2D eigenvalue weighted by Crippen LogP contribution is 2.23. The van der Waals surface area contributed by atoms with Gasteiger partial charge < -0.3 is 5.32 Å². The zero-order valence-electron chi connectivity index (χ0n) is 11.7. The van der Waals surface area contributed by atoms with Gasteiger partial charge in [-0.15, -0.1) is 0 Å². The highest BCUT2D eigenvalue weighted by Gasteiger charge is 2.08. The van der Waals surface area contributed by atoms with E-state index in [0.717, 1.165) is 11.0 Å². The summed E-state index contributed by atoms with van der Waals surface area (Å²) in [6.45, 7) is 7.40. The van der Waals surface area contributed by atoms with Crippen LogP contribution in [-0.4, -0.2) is 0 Å². The molecule has 0 aliphatic carbocycles. The first-order valence-electron chi connectivity index (χ1n) is 6.62. The van der Waals surface area contributed by atoms with Gasteiger partial charge in [-0.1, -0.05) is 57.9 Å².